The third-order valence-corrected chi connectivity index (χ3v) is 8.02. The van der Waals surface area contributed by atoms with Gasteiger partial charge in [-0.15, -0.1) is 0 Å². The second kappa shape index (κ2) is 8.08. The van der Waals surface area contributed by atoms with E-state index in [0.717, 1.165) is 23.9 Å². The van der Waals surface area contributed by atoms with Crippen LogP contribution in [0.4, 0.5) is 0 Å². The molecule has 1 fully saturated rings. The SMILES string of the molecule is Cc1ccc(CN2C(=O)c3cc4occc4n3CC2(C)C(=O)N[C@@H]2CCCC(C)C2C)cc1. The second-order valence-corrected chi connectivity index (χ2v) is 10.3. The van der Waals surface area contributed by atoms with Crippen molar-refractivity contribution in [2.24, 2.45) is 11.8 Å². The molecule has 3 heterocycles. The van der Waals surface area contributed by atoms with E-state index < -0.39 is 5.54 Å². The third kappa shape index (κ3) is 3.65. The van der Waals surface area contributed by atoms with E-state index in [-0.39, 0.29) is 17.9 Å². The molecule has 6 nitrogen and oxygen atoms in total. The molecule has 5 rings (SSSR count). The van der Waals surface area contributed by atoms with Gasteiger partial charge in [-0.3, -0.25) is 9.59 Å². The van der Waals surface area contributed by atoms with Crippen molar-refractivity contribution >= 4 is 22.9 Å². The Balaban J connectivity index is 1.52. The van der Waals surface area contributed by atoms with Crippen LogP contribution in [0.5, 0.6) is 0 Å². The Bertz CT molecular complexity index is 1190. The molecule has 174 valence electrons. The highest BCUT2D eigenvalue weighted by molar-refractivity contribution is 6.02. The zero-order valence-corrected chi connectivity index (χ0v) is 19.9. The molecule has 3 aromatic rings. The predicted molar refractivity (Wildman–Crippen MR) is 128 cm³/mol. The molecular formula is C27H33N3O3. The first-order valence-electron chi connectivity index (χ1n) is 12.0. The van der Waals surface area contributed by atoms with Crippen LogP contribution >= 0.6 is 0 Å². The Morgan fingerprint density at radius 3 is 2.70 bits per heavy atom. The van der Waals surface area contributed by atoms with Gasteiger partial charge in [-0.25, -0.2) is 0 Å². The molecule has 2 amide bonds. The first kappa shape index (κ1) is 21.8. The monoisotopic (exact) mass is 447 g/mol. The van der Waals surface area contributed by atoms with Crippen molar-refractivity contribution in [3.63, 3.8) is 0 Å². The Hall–Kier alpha value is -3.02. The van der Waals surface area contributed by atoms with Crippen molar-refractivity contribution in [3.8, 4) is 0 Å². The molecule has 2 aliphatic rings. The maximum atomic E-state index is 13.9. The maximum Gasteiger partial charge on any atom is 0.271 e. The van der Waals surface area contributed by atoms with Gasteiger partial charge in [0.1, 0.15) is 11.2 Å². The summed E-state index contributed by atoms with van der Waals surface area (Å²) in [5.74, 6) is 0.773. The van der Waals surface area contributed by atoms with Gasteiger partial charge >= 0.3 is 0 Å². The number of nitrogens with zero attached hydrogens (tertiary/aromatic N) is 2. The topological polar surface area (TPSA) is 67.5 Å². The second-order valence-electron chi connectivity index (χ2n) is 10.3. The van der Waals surface area contributed by atoms with E-state index in [4.69, 9.17) is 4.42 Å². The molecule has 33 heavy (non-hydrogen) atoms. The first-order chi connectivity index (χ1) is 15.8. The highest BCUT2D eigenvalue weighted by atomic mass is 16.3. The zero-order valence-electron chi connectivity index (χ0n) is 19.9. The Morgan fingerprint density at radius 1 is 1.18 bits per heavy atom. The molecule has 1 aliphatic heterocycles. The van der Waals surface area contributed by atoms with Gasteiger partial charge in [0.2, 0.25) is 5.91 Å². The number of fused-ring (bicyclic) bond motifs is 3. The van der Waals surface area contributed by atoms with Crippen molar-refractivity contribution in [1.29, 1.82) is 0 Å². The van der Waals surface area contributed by atoms with Gasteiger partial charge in [0.15, 0.2) is 5.58 Å². The minimum Gasteiger partial charge on any atom is -0.463 e. The van der Waals surface area contributed by atoms with Gasteiger partial charge in [0, 0.05) is 24.7 Å². The maximum absolute atomic E-state index is 13.9. The number of aryl methyl sites for hydroxylation is 1. The Morgan fingerprint density at radius 2 is 1.94 bits per heavy atom. The molecule has 1 aromatic carbocycles. The van der Waals surface area contributed by atoms with Gasteiger partial charge in [-0.2, -0.15) is 0 Å². The average molecular weight is 448 g/mol. The number of carbonyl (C=O) groups is 2. The summed E-state index contributed by atoms with van der Waals surface area (Å²) in [5.41, 5.74) is 3.26. The van der Waals surface area contributed by atoms with E-state index in [0.29, 0.717) is 36.2 Å². The molecule has 0 bridgehead atoms. The molecule has 0 saturated heterocycles. The van der Waals surface area contributed by atoms with E-state index >= 15 is 0 Å². The summed E-state index contributed by atoms with van der Waals surface area (Å²) in [4.78, 5) is 29.4. The predicted octanol–water partition coefficient (Wildman–Crippen LogP) is 4.90. The fourth-order valence-corrected chi connectivity index (χ4v) is 5.51. The molecule has 6 heteroatoms. The lowest BCUT2D eigenvalue weighted by Gasteiger charge is -2.45. The molecule has 3 unspecified atom stereocenters. The number of furan rings is 1. The van der Waals surface area contributed by atoms with E-state index in [1.54, 1.807) is 17.2 Å². The van der Waals surface area contributed by atoms with Gasteiger partial charge < -0.3 is 19.2 Å². The van der Waals surface area contributed by atoms with Crippen LogP contribution in [-0.2, 0) is 17.9 Å². The summed E-state index contributed by atoms with van der Waals surface area (Å²) in [6.07, 6.45) is 4.94. The lowest BCUT2D eigenvalue weighted by Crippen LogP contribution is -2.65. The molecule has 0 spiro atoms. The molecule has 4 atom stereocenters. The van der Waals surface area contributed by atoms with Crippen molar-refractivity contribution in [1.82, 2.24) is 14.8 Å². The van der Waals surface area contributed by atoms with Crippen LogP contribution in [0.25, 0.3) is 11.1 Å². The fraction of sp³-hybridized carbons (Fsp3) is 0.481. The summed E-state index contributed by atoms with van der Waals surface area (Å²) < 4.78 is 7.51. The summed E-state index contributed by atoms with van der Waals surface area (Å²) in [5, 5.41) is 3.35. The molecule has 1 aliphatic carbocycles. The van der Waals surface area contributed by atoms with Crippen molar-refractivity contribution in [2.75, 3.05) is 0 Å². The van der Waals surface area contributed by atoms with E-state index in [2.05, 4.69) is 19.2 Å². The number of amides is 2. The summed E-state index contributed by atoms with van der Waals surface area (Å²) in [7, 11) is 0. The van der Waals surface area contributed by atoms with E-state index in [9.17, 15) is 9.59 Å². The standard InChI is InChI=1S/C27H33N3O3/c1-17-8-10-20(11-9-17)15-30-25(31)23-14-24-22(12-13-33-24)29(23)16-27(30,4)26(32)28-21-7-5-6-18(2)19(21)3/h8-14,18-19,21H,5-7,15-16H2,1-4H3,(H,28,32)/t18?,19?,21-,27?/m1/s1. The van der Waals surface area contributed by atoms with E-state index in [1.807, 2.05) is 48.7 Å². The van der Waals surface area contributed by atoms with Crippen LogP contribution < -0.4 is 5.32 Å². The zero-order chi connectivity index (χ0) is 23.3. The highest BCUT2D eigenvalue weighted by Crippen LogP contribution is 2.35. The van der Waals surface area contributed by atoms with Crippen LogP contribution in [0.1, 0.15) is 61.6 Å². The smallest absolute Gasteiger partial charge is 0.271 e. The first-order valence-corrected chi connectivity index (χ1v) is 12.0. The van der Waals surface area contributed by atoms with Crippen molar-refractivity contribution in [2.45, 2.75) is 71.6 Å². The van der Waals surface area contributed by atoms with Crippen molar-refractivity contribution in [3.05, 3.63) is 59.5 Å². The number of hydrogen-bond acceptors (Lipinski definition) is 3. The van der Waals surface area contributed by atoms with Crippen LogP contribution in [0, 0.1) is 18.8 Å². The van der Waals surface area contributed by atoms with Crippen LogP contribution in [0.15, 0.2) is 47.1 Å². The van der Waals surface area contributed by atoms with Gasteiger partial charge in [-0.1, -0.05) is 56.5 Å². The lowest BCUT2D eigenvalue weighted by molar-refractivity contribution is -0.134. The minimum absolute atomic E-state index is 0.0788. The normalized spacial score (nSPS) is 27.6. The van der Waals surface area contributed by atoms with Gasteiger partial charge in [0.05, 0.1) is 18.3 Å². The fourth-order valence-electron chi connectivity index (χ4n) is 5.51. The van der Waals surface area contributed by atoms with E-state index in [1.165, 1.54) is 12.0 Å². The summed E-state index contributed by atoms with van der Waals surface area (Å²) >= 11 is 0. The summed E-state index contributed by atoms with van der Waals surface area (Å²) in [6, 6.07) is 11.9. The van der Waals surface area contributed by atoms with Crippen LogP contribution in [-0.4, -0.2) is 32.9 Å². The molecule has 0 radical (unpaired) electrons. The van der Waals surface area contributed by atoms with Crippen molar-refractivity contribution < 1.29 is 14.0 Å². The van der Waals surface area contributed by atoms with Gasteiger partial charge in [-0.05, 0) is 37.7 Å². The third-order valence-electron chi connectivity index (χ3n) is 8.02. The quantitative estimate of drug-likeness (QED) is 0.619. The number of aromatic nitrogens is 1. The Kier molecular flexibility index (Phi) is 5.34. The summed E-state index contributed by atoms with van der Waals surface area (Å²) in [6.45, 7) is 9.21. The molecule has 1 saturated carbocycles. The molecule has 1 N–H and O–H groups in total. The van der Waals surface area contributed by atoms with Gasteiger partial charge in [0.25, 0.3) is 5.91 Å². The van der Waals surface area contributed by atoms with Crippen LogP contribution in [0.3, 0.4) is 0 Å². The number of hydrogen-bond donors (Lipinski definition) is 1. The minimum atomic E-state index is -1.02. The van der Waals surface area contributed by atoms with Crippen LogP contribution in [0.2, 0.25) is 0 Å². The number of benzene rings is 1. The highest BCUT2D eigenvalue weighted by Gasteiger charge is 2.48. The largest absolute Gasteiger partial charge is 0.463 e. The lowest BCUT2D eigenvalue weighted by atomic mass is 9.77. The number of nitrogens with one attached hydrogen (secondary N) is 1. The average Bonchev–Trinajstić information content (AvgIpc) is 3.38. The molecular weight excluding hydrogens is 414 g/mol. The number of carbonyl (C=O) groups excluding carboxylic acids is 2. The molecule has 2 aromatic heterocycles. The Labute approximate surface area is 194 Å². The number of rotatable bonds is 4.